The van der Waals surface area contributed by atoms with E-state index in [-0.39, 0.29) is 0 Å². The number of rotatable bonds is 6. The Labute approximate surface area is 172 Å². The minimum atomic E-state index is -0.901. The van der Waals surface area contributed by atoms with Gasteiger partial charge in [0.1, 0.15) is 23.4 Å². The SMILES string of the molecule is C=CCOc1ccc(/C=N\NC(=O)C(=O)Nc2sc3c(c2C#N)CCCC3)cc1. The smallest absolute Gasteiger partial charge is 0.329 e. The predicted octanol–water partition coefficient (Wildman–Crippen LogP) is 3.15. The first kappa shape index (κ1) is 20.3. The summed E-state index contributed by atoms with van der Waals surface area (Å²) in [5.41, 5.74) is 4.39. The Hall–Kier alpha value is -3.44. The van der Waals surface area contributed by atoms with Gasteiger partial charge in [-0.3, -0.25) is 9.59 Å². The zero-order valence-corrected chi connectivity index (χ0v) is 16.6. The van der Waals surface area contributed by atoms with Crippen molar-refractivity contribution in [1.29, 1.82) is 5.26 Å². The molecule has 1 aromatic carbocycles. The van der Waals surface area contributed by atoms with Crippen LogP contribution in [0.1, 0.15) is 34.4 Å². The summed E-state index contributed by atoms with van der Waals surface area (Å²) in [7, 11) is 0. The van der Waals surface area contributed by atoms with E-state index in [0.717, 1.165) is 41.7 Å². The van der Waals surface area contributed by atoms with E-state index in [0.29, 0.717) is 22.9 Å². The first-order chi connectivity index (χ1) is 14.1. The Morgan fingerprint density at radius 1 is 1.24 bits per heavy atom. The van der Waals surface area contributed by atoms with Gasteiger partial charge in [-0.1, -0.05) is 12.7 Å². The fourth-order valence-electron chi connectivity index (χ4n) is 2.95. The van der Waals surface area contributed by atoms with Crippen LogP contribution in [0.3, 0.4) is 0 Å². The molecule has 29 heavy (non-hydrogen) atoms. The number of nitriles is 1. The van der Waals surface area contributed by atoms with Gasteiger partial charge in [-0.25, -0.2) is 5.43 Å². The number of aryl methyl sites for hydroxylation is 1. The first-order valence-corrected chi connectivity index (χ1v) is 9.96. The van der Waals surface area contributed by atoms with Crippen molar-refractivity contribution in [3.05, 3.63) is 58.5 Å². The lowest BCUT2D eigenvalue weighted by molar-refractivity contribution is -0.136. The summed E-state index contributed by atoms with van der Waals surface area (Å²) in [6.45, 7) is 4.00. The Bertz CT molecular complexity index is 987. The molecule has 0 spiro atoms. The fourth-order valence-corrected chi connectivity index (χ4v) is 4.19. The Balaban J connectivity index is 1.56. The van der Waals surface area contributed by atoms with Crippen LogP contribution in [0.15, 0.2) is 42.0 Å². The number of anilines is 1. The molecule has 7 nitrogen and oxygen atoms in total. The highest BCUT2D eigenvalue weighted by Gasteiger charge is 2.23. The van der Waals surface area contributed by atoms with Crippen LogP contribution in [-0.4, -0.2) is 24.6 Å². The minimum Gasteiger partial charge on any atom is -0.490 e. The molecule has 0 unspecified atom stereocenters. The summed E-state index contributed by atoms with van der Waals surface area (Å²) in [6, 6.07) is 9.21. The van der Waals surface area contributed by atoms with Gasteiger partial charge in [-0.2, -0.15) is 10.4 Å². The Kier molecular flexibility index (Phi) is 6.76. The van der Waals surface area contributed by atoms with Gasteiger partial charge in [-0.15, -0.1) is 11.3 Å². The minimum absolute atomic E-state index is 0.416. The number of thiophene rings is 1. The van der Waals surface area contributed by atoms with E-state index in [1.807, 2.05) is 0 Å². The van der Waals surface area contributed by atoms with Crippen molar-refractivity contribution in [2.24, 2.45) is 5.10 Å². The van der Waals surface area contributed by atoms with Gasteiger partial charge >= 0.3 is 11.8 Å². The number of carbonyl (C=O) groups is 2. The summed E-state index contributed by atoms with van der Waals surface area (Å²) in [4.78, 5) is 25.3. The fraction of sp³-hybridized carbons (Fsp3) is 0.238. The van der Waals surface area contributed by atoms with Crippen molar-refractivity contribution in [1.82, 2.24) is 5.43 Å². The van der Waals surface area contributed by atoms with Crippen molar-refractivity contribution < 1.29 is 14.3 Å². The number of nitrogens with one attached hydrogen (secondary N) is 2. The lowest BCUT2D eigenvalue weighted by Crippen LogP contribution is -2.32. The number of fused-ring (bicyclic) bond motifs is 1. The molecule has 2 amide bonds. The molecule has 1 aromatic heterocycles. The van der Waals surface area contributed by atoms with Gasteiger partial charge in [0.25, 0.3) is 0 Å². The molecule has 8 heteroatoms. The second-order valence-corrected chi connectivity index (χ2v) is 7.45. The van der Waals surface area contributed by atoms with Gasteiger partial charge in [0.15, 0.2) is 0 Å². The van der Waals surface area contributed by atoms with E-state index in [9.17, 15) is 14.9 Å². The molecule has 0 bridgehead atoms. The largest absolute Gasteiger partial charge is 0.490 e. The molecule has 0 radical (unpaired) electrons. The maximum atomic E-state index is 12.2. The Morgan fingerprint density at radius 2 is 2.00 bits per heavy atom. The molecular weight excluding hydrogens is 388 g/mol. The van der Waals surface area contributed by atoms with Gasteiger partial charge in [-0.05, 0) is 61.1 Å². The van der Waals surface area contributed by atoms with Crippen LogP contribution in [0.2, 0.25) is 0 Å². The molecule has 0 aliphatic heterocycles. The van der Waals surface area contributed by atoms with Gasteiger partial charge in [0, 0.05) is 4.88 Å². The van der Waals surface area contributed by atoms with Crippen molar-refractivity contribution in [3.8, 4) is 11.8 Å². The molecule has 2 aromatic rings. The molecule has 0 atom stereocenters. The zero-order chi connectivity index (χ0) is 20.6. The average Bonchev–Trinajstić information content (AvgIpc) is 3.09. The maximum absolute atomic E-state index is 12.2. The number of carbonyl (C=O) groups excluding carboxylic acids is 2. The van der Waals surface area contributed by atoms with E-state index < -0.39 is 11.8 Å². The Morgan fingerprint density at radius 3 is 2.72 bits per heavy atom. The number of hydrogen-bond donors (Lipinski definition) is 2. The van der Waals surface area contributed by atoms with Gasteiger partial charge in [0.05, 0.1) is 11.8 Å². The summed E-state index contributed by atoms with van der Waals surface area (Å²) >= 11 is 1.37. The van der Waals surface area contributed by atoms with E-state index in [2.05, 4.69) is 28.5 Å². The first-order valence-electron chi connectivity index (χ1n) is 9.15. The summed E-state index contributed by atoms with van der Waals surface area (Å²) < 4.78 is 5.38. The number of hydrogen-bond acceptors (Lipinski definition) is 6. The number of amides is 2. The molecule has 0 fully saturated rings. The van der Waals surface area contributed by atoms with Crippen LogP contribution in [0.5, 0.6) is 5.75 Å². The van der Waals surface area contributed by atoms with Crippen molar-refractivity contribution in [2.75, 3.05) is 11.9 Å². The van der Waals surface area contributed by atoms with E-state index >= 15 is 0 Å². The third-order valence-corrected chi connectivity index (χ3v) is 5.55. The number of benzene rings is 1. The summed E-state index contributed by atoms with van der Waals surface area (Å²) in [5, 5.41) is 16.2. The maximum Gasteiger partial charge on any atom is 0.329 e. The topological polar surface area (TPSA) is 104 Å². The van der Waals surface area contributed by atoms with Crippen LogP contribution < -0.4 is 15.5 Å². The van der Waals surface area contributed by atoms with E-state index in [1.54, 1.807) is 30.3 Å². The molecule has 0 saturated heterocycles. The quantitative estimate of drug-likeness (QED) is 0.332. The van der Waals surface area contributed by atoms with Crippen LogP contribution >= 0.6 is 11.3 Å². The van der Waals surface area contributed by atoms with Crippen LogP contribution in [0.4, 0.5) is 5.00 Å². The molecule has 148 valence electrons. The second-order valence-electron chi connectivity index (χ2n) is 6.35. The highest BCUT2D eigenvalue weighted by Crippen LogP contribution is 2.37. The van der Waals surface area contributed by atoms with Gasteiger partial charge < -0.3 is 10.1 Å². The van der Waals surface area contributed by atoms with Gasteiger partial charge in [0.2, 0.25) is 0 Å². The van der Waals surface area contributed by atoms with Crippen molar-refractivity contribution in [2.45, 2.75) is 25.7 Å². The number of ether oxygens (including phenoxy) is 1. The lowest BCUT2D eigenvalue weighted by Gasteiger charge is -2.09. The third-order valence-electron chi connectivity index (χ3n) is 4.34. The van der Waals surface area contributed by atoms with E-state index in [4.69, 9.17) is 4.74 Å². The normalized spacial score (nSPS) is 12.7. The van der Waals surface area contributed by atoms with E-state index in [1.165, 1.54) is 17.6 Å². The molecular formula is C21H20N4O3S. The summed E-state index contributed by atoms with van der Waals surface area (Å²) in [6.07, 6.45) is 6.91. The molecule has 1 heterocycles. The van der Waals surface area contributed by atoms with Crippen LogP contribution in [0.25, 0.3) is 0 Å². The third kappa shape index (κ3) is 5.09. The lowest BCUT2D eigenvalue weighted by atomic mass is 9.96. The average molecular weight is 408 g/mol. The molecule has 3 rings (SSSR count). The van der Waals surface area contributed by atoms with Crippen molar-refractivity contribution >= 4 is 34.4 Å². The van der Waals surface area contributed by atoms with Crippen LogP contribution in [0, 0.1) is 11.3 Å². The standard InChI is InChI=1S/C21H20N4O3S/c1-2-11-28-15-9-7-14(8-10-15)13-23-25-20(27)19(26)24-21-17(12-22)16-5-3-4-6-18(16)29-21/h2,7-10,13H,1,3-6,11H2,(H,24,26)(H,25,27)/b23-13-. The highest BCUT2D eigenvalue weighted by molar-refractivity contribution is 7.16. The molecule has 1 aliphatic carbocycles. The predicted molar refractivity (Wildman–Crippen MR) is 112 cm³/mol. The highest BCUT2D eigenvalue weighted by atomic mass is 32.1. The monoisotopic (exact) mass is 408 g/mol. The van der Waals surface area contributed by atoms with Crippen molar-refractivity contribution in [3.63, 3.8) is 0 Å². The molecule has 1 aliphatic rings. The summed E-state index contributed by atoms with van der Waals surface area (Å²) in [5.74, 6) is -1.06. The number of nitrogens with zero attached hydrogens (tertiary/aromatic N) is 2. The van der Waals surface area contributed by atoms with Crippen LogP contribution in [-0.2, 0) is 22.4 Å². The number of hydrazone groups is 1. The molecule has 2 N–H and O–H groups in total. The second kappa shape index (κ2) is 9.66. The zero-order valence-electron chi connectivity index (χ0n) is 15.7. The molecule has 0 saturated carbocycles.